The van der Waals surface area contributed by atoms with E-state index in [9.17, 15) is 5.26 Å². The first-order valence-corrected chi connectivity index (χ1v) is 6.80. The van der Waals surface area contributed by atoms with Crippen molar-refractivity contribution in [1.29, 1.82) is 10.5 Å². The Morgan fingerprint density at radius 3 is 2.71 bits per heavy atom. The van der Waals surface area contributed by atoms with Crippen LogP contribution in [0.15, 0.2) is 48.2 Å². The van der Waals surface area contributed by atoms with Crippen molar-refractivity contribution in [3.63, 3.8) is 0 Å². The Hall–Kier alpha value is -3.04. The molecule has 0 spiro atoms. The van der Waals surface area contributed by atoms with Crippen LogP contribution in [0.25, 0.3) is 17.0 Å². The number of aromatic amines is 1. The van der Waals surface area contributed by atoms with Gasteiger partial charge in [0.1, 0.15) is 0 Å². The normalized spacial score (nSPS) is 12.6. The van der Waals surface area contributed by atoms with Crippen LogP contribution in [0.1, 0.15) is 23.1 Å². The van der Waals surface area contributed by atoms with E-state index in [1.165, 1.54) is 5.56 Å². The Morgan fingerprint density at radius 2 is 1.90 bits per heavy atom. The lowest BCUT2D eigenvalue weighted by molar-refractivity contribution is 0.957. The summed E-state index contributed by atoms with van der Waals surface area (Å²) in [7, 11) is 0. The third-order valence-electron chi connectivity index (χ3n) is 3.65. The first-order chi connectivity index (χ1) is 10.3. The quantitative estimate of drug-likeness (QED) is 0.786. The maximum Gasteiger partial charge on any atom is 0.0991 e. The third-order valence-corrected chi connectivity index (χ3v) is 3.65. The van der Waals surface area contributed by atoms with E-state index < -0.39 is 0 Å². The number of aromatic nitrogens is 1. The summed E-state index contributed by atoms with van der Waals surface area (Å²) >= 11 is 0. The van der Waals surface area contributed by atoms with Gasteiger partial charge in [-0.1, -0.05) is 12.1 Å². The lowest BCUT2D eigenvalue weighted by Gasteiger charge is -2.12. The summed E-state index contributed by atoms with van der Waals surface area (Å²) in [5, 5.41) is 19.3. The molecule has 0 saturated heterocycles. The van der Waals surface area contributed by atoms with Gasteiger partial charge in [0.15, 0.2) is 0 Å². The van der Waals surface area contributed by atoms with Gasteiger partial charge in [-0.15, -0.1) is 0 Å². The zero-order valence-electron chi connectivity index (χ0n) is 11.4. The van der Waals surface area contributed by atoms with Gasteiger partial charge >= 0.3 is 0 Å². The molecule has 3 nitrogen and oxygen atoms in total. The fourth-order valence-electron chi connectivity index (χ4n) is 2.58. The minimum atomic E-state index is 0.618. The monoisotopic (exact) mass is 271 g/mol. The van der Waals surface area contributed by atoms with E-state index >= 15 is 0 Å². The molecule has 0 fully saturated rings. The fraction of sp³-hybridized carbons (Fsp3) is 0.111. The van der Waals surface area contributed by atoms with Crippen LogP contribution < -0.4 is 0 Å². The number of nitrogens with zero attached hydrogens (tertiary/aromatic N) is 2. The van der Waals surface area contributed by atoms with Crippen LogP contribution in [-0.4, -0.2) is 4.98 Å². The van der Waals surface area contributed by atoms with Gasteiger partial charge in [-0.05, 0) is 54.3 Å². The Balaban J connectivity index is 2.48. The number of aryl methyl sites for hydroxylation is 1. The van der Waals surface area contributed by atoms with Crippen molar-refractivity contribution in [3.05, 3.63) is 64.9 Å². The van der Waals surface area contributed by atoms with E-state index in [-0.39, 0.29) is 0 Å². The Morgan fingerprint density at radius 1 is 1.00 bits per heavy atom. The number of H-pyrrole nitrogens is 1. The average molecular weight is 271 g/mol. The topological polar surface area (TPSA) is 63.4 Å². The number of fused-ring (bicyclic) bond motifs is 3. The van der Waals surface area contributed by atoms with Crippen molar-refractivity contribution in [2.45, 2.75) is 12.8 Å². The summed E-state index contributed by atoms with van der Waals surface area (Å²) in [5.74, 6) is 0. The highest BCUT2D eigenvalue weighted by Gasteiger charge is 2.11. The predicted molar refractivity (Wildman–Crippen MR) is 82.6 cm³/mol. The molecule has 0 radical (unpaired) electrons. The van der Waals surface area contributed by atoms with E-state index in [0.717, 1.165) is 34.9 Å². The Labute approximate surface area is 123 Å². The summed E-state index contributed by atoms with van der Waals surface area (Å²) in [5.41, 5.74) is 4.56. The minimum Gasteiger partial charge on any atom is -0.361 e. The number of allylic oxidation sites excluding steroid dienone is 1. The van der Waals surface area contributed by atoms with Crippen LogP contribution in [0, 0.1) is 22.7 Å². The molecule has 0 saturated carbocycles. The van der Waals surface area contributed by atoms with Gasteiger partial charge in [-0.2, -0.15) is 10.5 Å². The summed E-state index contributed by atoms with van der Waals surface area (Å²) in [6.45, 7) is 0. The van der Waals surface area contributed by atoms with Gasteiger partial charge in [0, 0.05) is 22.7 Å². The summed E-state index contributed by atoms with van der Waals surface area (Å²) in [4.78, 5) is 3.23. The largest absolute Gasteiger partial charge is 0.361 e. The average Bonchev–Trinajstić information content (AvgIpc) is 2.62. The Bertz CT molecular complexity index is 871. The molecule has 3 heteroatoms. The zero-order valence-corrected chi connectivity index (χ0v) is 11.4. The number of nitrogens with one attached hydrogen (secondary N) is 1. The molecule has 1 aromatic heterocycles. The smallest absolute Gasteiger partial charge is 0.0991 e. The Kier molecular flexibility index (Phi) is 3.41. The van der Waals surface area contributed by atoms with Crippen molar-refractivity contribution >= 4 is 17.0 Å². The van der Waals surface area contributed by atoms with Crippen LogP contribution >= 0.6 is 0 Å². The highest BCUT2D eigenvalue weighted by molar-refractivity contribution is 5.90. The molecule has 2 aromatic rings. The summed E-state index contributed by atoms with van der Waals surface area (Å²) in [6.07, 6.45) is 5.42. The lowest BCUT2D eigenvalue weighted by Crippen LogP contribution is -1.97. The van der Waals surface area contributed by atoms with Gasteiger partial charge < -0.3 is 4.98 Å². The zero-order chi connectivity index (χ0) is 14.7. The molecule has 1 N–H and O–H groups in total. The molecule has 1 aliphatic rings. The van der Waals surface area contributed by atoms with Crippen LogP contribution in [0.5, 0.6) is 0 Å². The molecule has 1 heterocycles. The second-order valence-electron chi connectivity index (χ2n) is 4.96. The molecule has 0 bridgehead atoms. The summed E-state index contributed by atoms with van der Waals surface area (Å²) in [6, 6.07) is 16.0. The van der Waals surface area contributed by atoms with Crippen LogP contribution in [0.3, 0.4) is 0 Å². The number of rotatable bonds is 0. The molecule has 100 valence electrons. The minimum absolute atomic E-state index is 0.618. The van der Waals surface area contributed by atoms with Gasteiger partial charge in [-0.25, -0.2) is 0 Å². The van der Waals surface area contributed by atoms with Crippen molar-refractivity contribution in [2.24, 2.45) is 0 Å². The SMILES string of the molecule is N#CC1=Cc2c(cccc[nH]c3ccc(C#N)cc23)CC1. The van der Waals surface area contributed by atoms with Gasteiger partial charge in [0.25, 0.3) is 0 Å². The fourth-order valence-corrected chi connectivity index (χ4v) is 2.58. The maximum atomic E-state index is 9.17. The van der Waals surface area contributed by atoms with Crippen molar-refractivity contribution in [2.75, 3.05) is 0 Å². The number of hydrogen-bond donors (Lipinski definition) is 1. The van der Waals surface area contributed by atoms with Crippen LogP contribution in [-0.2, 0) is 6.42 Å². The van der Waals surface area contributed by atoms with E-state index in [1.54, 1.807) is 6.07 Å². The van der Waals surface area contributed by atoms with Crippen LogP contribution in [0.4, 0.5) is 0 Å². The highest BCUT2D eigenvalue weighted by Crippen LogP contribution is 2.28. The molecule has 1 aliphatic carbocycles. The van der Waals surface area contributed by atoms with Gasteiger partial charge in [0.05, 0.1) is 17.7 Å². The van der Waals surface area contributed by atoms with Crippen molar-refractivity contribution < 1.29 is 0 Å². The molecule has 0 aliphatic heterocycles. The lowest BCUT2D eigenvalue weighted by atomic mass is 9.91. The maximum absolute atomic E-state index is 9.17. The standard InChI is InChI=1S/C18H13N3/c19-11-13-4-6-15-3-1-2-8-21-18-7-5-14(12-20)10-17(18)16(15)9-13/h1-3,5,7-10,21H,4,6H2. The first-order valence-electron chi connectivity index (χ1n) is 6.80. The van der Waals surface area contributed by atoms with Crippen molar-refractivity contribution in [1.82, 2.24) is 4.98 Å². The molecule has 3 rings (SSSR count). The van der Waals surface area contributed by atoms with Gasteiger partial charge in [0.2, 0.25) is 0 Å². The molecule has 1 aromatic carbocycles. The molecular weight excluding hydrogens is 258 g/mol. The molecule has 21 heavy (non-hydrogen) atoms. The predicted octanol–water partition coefficient (Wildman–Crippen LogP) is 4.02. The number of hydrogen-bond acceptors (Lipinski definition) is 2. The molecular formula is C18H13N3. The number of nitriles is 2. The van der Waals surface area contributed by atoms with E-state index in [4.69, 9.17) is 5.26 Å². The molecule has 0 atom stereocenters. The van der Waals surface area contributed by atoms with Crippen molar-refractivity contribution in [3.8, 4) is 12.1 Å². The van der Waals surface area contributed by atoms with E-state index in [2.05, 4.69) is 23.2 Å². The molecule has 0 amide bonds. The van der Waals surface area contributed by atoms with Crippen LogP contribution in [0.2, 0.25) is 0 Å². The van der Waals surface area contributed by atoms with Gasteiger partial charge in [-0.3, -0.25) is 0 Å². The molecule has 0 unspecified atom stereocenters. The highest BCUT2D eigenvalue weighted by atomic mass is 14.6. The second kappa shape index (κ2) is 5.53. The first kappa shape index (κ1) is 13.0. The van der Waals surface area contributed by atoms with E-state index in [1.807, 2.05) is 36.5 Å². The third kappa shape index (κ3) is 2.50. The second-order valence-corrected chi connectivity index (χ2v) is 4.96. The number of benzene rings is 1. The van der Waals surface area contributed by atoms with E-state index in [0.29, 0.717) is 5.56 Å². The summed E-state index contributed by atoms with van der Waals surface area (Å²) < 4.78 is 0.